The molecule has 178 valence electrons. The molecular weight excluding hydrogens is 448 g/mol. The highest BCUT2D eigenvalue weighted by molar-refractivity contribution is 5.69. The van der Waals surface area contributed by atoms with Crippen molar-refractivity contribution in [2.75, 3.05) is 17.2 Å². The number of benzene rings is 2. The first-order valence-electron chi connectivity index (χ1n) is 10.4. The lowest BCUT2D eigenvalue weighted by Crippen LogP contribution is -2.29. The van der Waals surface area contributed by atoms with Crippen LogP contribution in [-0.2, 0) is 12.1 Å². The Morgan fingerprint density at radius 2 is 1.64 bits per heavy atom. The van der Waals surface area contributed by atoms with E-state index in [1.165, 1.54) is 17.0 Å². The van der Waals surface area contributed by atoms with Gasteiger partial charge in [0.05, 0.1) is 17.8 Å². The molecule has 0 amide bonds. The molecule has 33 heavy (non-hydrogen) atoms. The highest BCUT2D eigenvalue weighted by Crippen LogP contribution is 2.44. The van der Waals surface area contributed by atoms with E-state index in [-0.39, 0.29) is 18.8 Å². The predicted molar refractivity (Wildman–Crippen MR) is 112 cm³/mol. The van der Waals surface area contributed by atoms with Gasteiger partial charge in [0.1, 0.15) is 5.75 Å². The maximum absolute atomic E-state index is 12.9. The van der Waals surface area contributed by atoms with Crippen LogP contribution in [0.25, 0.3) is 4.85 Å². The molecule has 0 spiro atoms. The number of alkyl halides is 6. The summed E-state index contributed by atoms with van der Waals surface area (Å²) in [5.74, 6) is -0.419. The van der Waals surface area contributed by atoms with E-state index in [1.54, 1.807) is 18.2 Å². The molecule has 4 nitrogen and oxygen atoms in total. The third-order valence-corrected chi connectivity index (χ3v) is 5.75. The van der Waals surface area contributed by atoms with Gasteiger partial charge in [-0.3, -0.25) is 0 Å². The normalized spacial score (nSPS) is 15.8. The minimum absolute atomic E-state index is 0.000112. The number of ether oxygens (including phenoxy) is 1. The van der Waals surface area contributed by atoms with Gasteiger partial charge in [0, 0.05) is 31.5 Å². The van der Waals surface area contributed by atoms with E-state index >= 15 is 0 Å². The standard InChI is InChI=1S/C23H23F6N3O/c1-31-21(10-2-3-11-21)17-6-9-20(19(30)14-17)32(13-12-22(24,25)26)15-16-4-7-18(8-5-16)33-23(27,28)29/h4-9,14H,2-3,10-13,15,30H2. The fraction of sp³-hybridized carbons (Fsp3) is 0.435. The zero-order chi connectivity index (χ0) is 24.3. The molecule has 10 heteroatoms. The van der Waals surface area contributed by atoms with Crippen LogP contribution in [0.4, 0.5) is 37.7 Å². The Balaban J connectivity index is 1.85. The zero-order valence-electron chi connectivity index (χ0n) is 17.6. The molecule has 0 atom stereocenters. The second-order valence-corrected chi connectivity index (χ2v) is 8.10. The molecule has 1 saturated carbocycles. The lowest BCUT2D eigenvalue weighted by molar-refractivity contribution is -0.274. The van der Waals surface area contributed by atoms with E-state index < -0.39 is 30.2 Å². The number of hydrogen-bond acceptors (Lipinski definition) is 3. The molecule has 0 bridgehead atoms. The number of rotatable bonds is 7. The summed E-state index contributed by atoms with van der Waals surface area (Å²) in [5, 5.41) is 0. The van der Waals surface area contributed by atoms with E-state index in [1.807, 2.05) is 0 Å². The van der Waals surface area contributed by atoms with Crippen molar-refractivity contribution >= 4 is 11.4 Å². The van der Waals surface area contributed by atoms with Crippen molar-refractivity contribution in [1.29, 1.82) is 0 Å². The number of hydrogen-bond donors (Lipinski definition) is 1. The summed E-state index contributed by atoms with van der Waals surface area (Å²) in [7, 11) is 0. The average molecular weight is 471 g/mol. The molecule has 1 aliphatic carbocycles. The number of nitrogens with two attached hydrogens (primary N) is 1. The lowest BCUT2D eigenvalue weighted by Gasteiger charge is -2.28. The van der Waals surface area contributed by atoms with E-state index in [4.69, 9.17) is 12.3 Å². The van der Waals surface area contributed by atoms with Gasteiger partial charge in [0.25, 0.3) is 5.54 Å². The van der Waals surface area contributed by atoms with Crippen LogP contribution in [-0.4, -0.2) is 19.1 Å². The smallest absolute Gasteiger partial charge is 0.406 e. The molecule has 0 unspecified atom stereocenters. The molecule has 2 aromatic rings. The molecule has 0 radical (unpaired) electrons. The predicted octanol–water partition coefficient (Wildman–Crippen LogP) is 6.81. The van der Waals surface area contributed by atoms with E-state index in [0.717, 1.165) is 30.5 Å². The lowest BCUT2D eigenvalue weighted by atomic mass is 9.88. The molecule has 0 saturated heterocycles. The summed E-state index contributed by atoms with van der Waals surface area (Å²) < 4.78 is 79.7. The van der Waals surface area contributed by atoms with Gasteiger partial charge < -0.3 is 20.2 Å². The third-order valence-electron chi connectivity index (χ3n) is 5.75. The molecule has 2 N–H and O–H groups in total. The quantitative estimate of drug-likeness (QED) is 0.274. The molecule has 3 rings (SSSR count). The summed E-state index contributed by atoms with van der Waals surface area (Å²) >= 11 is 0. The molecule has 0 aliphatic heterocycles. The van der Waals surface area contributed by atoms with Crippen LogP contribution in [0.5, 0.6) is 5.75 Å². The van der Waals surface area contributed by atoms with Gasteiger partial charge in [-0.15, -0.1) is 13.2 Å². The molecule has 2 aromatic carbocycles. The third kappa shape index (κ3) is 6.46. The van der Waals surface area contributed by atoms with Gasteiger partial charge >= 0.3 is 12.5 Å². The van der Waals surface area contributed by atoms with Crippen molar-refractivity contribution in [3.05, 3.63) is 65.0 Å². The van der Waals surface area contributed by atoms with Crippen LogP contribution in [0.15, 0.2) is 42.5 Å². The molecule has 0 aromatic heterocycles. The number of nitrogens with zero attached hydrogens (tertiary/aromatic N) is 2. The first-order valence-corrected chi connectivity index (χ1v) is 10.4. The van der Waals surface area contributed by atoms with Crippen molar-refractivity contribution in [1.82, 2.24) is 0 Å². The fourth-order valence-corrected chi connectivity index (χ4v) is 4.12. The maximum atomic E-state index is 12.9. The minimum atomic E-state index is -4.83. The maximum Gasteiger partial charge on any atom is 0.573 e. The Morgan fingerprint density at radius 1 is 1.00 bits per heavy atom. The number of halogens is 6. The average Bonchev–Trinajstić information content (AvgIpc) is 3.21. The van der Waals surface area contributed by atoms with E-state index in [0.29, 0.717) is 24.1 Å². The first kappa shape index (κ1) is 24.6. The van der Waals surface area contributed by atoms with Crippen molar-refractivity contribution < 1.29 is 31.1 Å². The Labute approximate surface area is 187 Å². The summed E-state index contributed by atoms with van der Waals surface area (Å²) in [5.41, 5.74) is 7.43. The first-order chi connectivity index (χ1) is 15.4. The summed E-state index contributed by atoms with van der Waals surface area (Å²) in [6, 6.07) is 9.94. The second kappa shape index (κ2) is 9.41. The van der Waals surface area contributed by atoms with E-state index in [2.05, 4.69) is 9.58 Å². The molecule has 1 aliphatic rings. The zero-order valence-corrected chi connectivity index (χ0v) is 17.6. The van der Waals surface area contributed by atoms with Crippen molar-refractivity contribution in [3.63, 3.8) is 0 Å². The van der Waals surface area contributed by atoms with Crippen molar-refractivity contribution in [3.8, 4) is 5.75 Å². The minimum Gasteiger partial charge on any atom is -0.406 e. The van der Waals surface area contributed by atoms with Crippen LogP contribution in [0.1, 0.15) is 43.2 Å². The Morgan fingerprint density at radius 3 is 2.15 bits per heavy atom. The largest absolute Gasteiger partial charge is 0.573 e. The van der Waals surface area contributed by atoms with Gasteiger partial charge in [-0.25, -0.2) is 6.57 Å². The Bertz CT molecular complexity index is 989. The molecule has 0 heterocycles. The Kier molecular flexibility index (Phi) is 7.00. The van der Waals surface area contributed by atoms with Crippen LogP contribution in [0.3, 0.4) is 0 Å². The molecule has 1 fully saturated rings. The number of anilines is 2. The van der Waals surface area contributed by atoms with Crippen LogP contribution in [0.2, 0.25) is 0 Å². The van der Waals surface area contributed by atoms with Crippen LogP contribution < -0.4 is 15.4 Å². The topological polar surface area (TPSA) is 42.9 Å². The van der Waals surface area contributed by atoms with Gasteiger partial charge in [0.15, 0.2) is 0 Å². The highest BCUT2D eigenvalue weighted by atomic mass is 19.4. The van der Waals surface area contributed by atoms with Gasteiger partial charge in [0.2, 0.25) is 0 Å². The van der Waals surface area contributed by atoms with Crippen LogP contribution in [0, 0.1) is 6.57 Å². The van der Waals surface area contributed by atoms with E-state index in [9.17, 15) is 26.3 Å². The van der Waals surface area contributed by atoms with Crippen molar-refractivity contribution in [2.45, 2.75) is 56.7 Å². The van der Waals surface area contributed by atoms with Gasteiger partial charge in [-0.1, -0.05) is 12.1 Å². The highest BCUT2D eigenvalue weighted by Gasteiger charge is 2.42. The van der Waals surface area contributed by atoms with Gasteiger partial charge in [-0.2, -0.15) is 13.2 Å². The second-order valence-electron chi connectivity index (χ2n) is 8.10. The fourth-order valence-electron chi connectivity index (χ4n) is 4.12. The van der Waals surface area contributed by atoms with Gasteiger partial charge in [-0.05, 0) is 48.7 Å². The molecular formula is C23H23F6N3O. The SMILES string of the molecule is [C-]#[N+]C1(c2ccc(N(CCC(F)(F)F)Cc3ccc(OC(F)(F)F)cc3)c(N)c2)CCCC1. The van der Waals surface area contributed by atoms with Crippen LogP contribution >= 0.6 is 0 Å². The summed E-state index contributed by atoms with van der Waals surface area (Å²) in [6.45, 7) is 7.23. The summed E-state index contributed by atoms with van der Waals surface area (Å²) in [6.07, 6.45) is -7.05. The van der Waals surface area contributed by atoms with Crippen molar-refractivity contribution in [2.24, 2.45) is 0 Å². The Hall–Kier alpha value is -3.09. The monoisotopic (exact) mass is 471 g/mol. The number of nitrogen functional groups attached to an aromatic ring is 1. The summed E-state index contributed by atoms with van der Waals surface area (Å²) in [4.78, 5) is 5.25.